The fourth-order valence-electron chi connectivity index (χ4n) is 2.73. The van der Waals surface area contributed by atoms with Crippen molar-refractivity contribution in [3.05, 3.63) is 0 Å². The molecule has 0 spiro atoms. The molecule has 2 unspecified atom stereocenters. The Balaban J connectivity index is 2.36. The molecule has 0 aromatic carbocycles. The van der Waals surface area contributed by atoms with Crippen LogP contribution in [0.2, 0.25) is 0 Å². The van der Waals surface area contributed by atoms with Gasteiger partial charge in [-0.25, -0.2) is 0 Å². The molecule has 1 aliphatic rings. The minimum atomic E-state index is 0.307. The van der Waals surface area contributed by atoms with Crippen LogP contribution < -0.4 is 5.32 Å². The second kappa shape index (κ2) is 5.86. The summed E-state index contributed by atoms with van der Waals surface area (Å²) in [5, 5.41) is 12.7. The average Bonchev–Trinajstić information content (AvgIpc) is 2.15. The zero-order chi connectivity index (χ0) is 11.3. The fourth-order valence-corrected chi connectivity index (χ4v) is 2.73. The van der Waals surface area contributed by atoms with Crippen molar-refractivity contribution >= 4 is 0 Å². The SMILES string of the molecule is CCC(CCO)NC1CCCC(C)(C)C1. The Bertz CT molecular complexity index is 179. The van der Waals surface area contributed by atoms with Crippen LogP contribution in [0, 0.1) is 5.41 Å². The number of nitrogens with one attached hydrogen (secondary N) is 1. The average molecular weight is 213 g/mol. The van der Waals surface area contributed by atoms with Crippen molar-refractivity contribution in [1.82, 2.24) is 5.32 Å². The summed E-state index contributed by atoms with van der Waals surface area (Å²) in [4.78, 5) is 0. The van der Waals surface area contributed by atoms with Gasteiger partial charge in [0.05, 0.1) is 0 Å². The quantitative estimate of drug-likeness (QED) is 0.736. The van der Waals surface area contributed by atoms with Crippen molar-refractivity contribution in [1.29, 1.82) is 0 Å². The van der Waals surface area contributed by atoms with E-state index in [1.54, 1.807) is 0 Å². The maximum atomic E-state index is 8.96. The largest absolute Gasteiger partial charge is 0.396 e. The summed E-state index contributed by atoms with van der Waals surface area (Å²) >= 11 is 0. The zero-order valence-corrected chi connectivity index (χ0v) is 10.6. The summed E-state index contributed by atoms with van der Waals surface area (Å²) in [6.07, 6.45) is 7.33. The highest BCUT2D eigenvalue weighted by Gasteiger charge is 2.28. The molecule has 1 aliphatic carbocycles. The van der Waals surface area contributed by atoms with E-state index in [9.17, 15) is 0 Å². The lowest BCUT2D eigenvalue weighted by Crippen LogP contribution is -2.43. The maximum Gasteiger partial charge on any atom is 0.0445 e. The van der Waals surface area contributed by atoms with Gasteiger partial charge in [0.15, 0.2) is 0 Å². The smallest absolute Gasteiger partial charge is 0.0445 e. The monoisotopic (exact) mass is 213 g/mol. The molecule has 1 fully saturated rings. The molecule has 2 atom stereocenters. The molecular formula is C13H27NO. The highest BCUT2D eigenvalue weighted by Crippen LogP contribution is 2.35. The van der Waals surface area contributed by atoms with E-state index in [1.807, 2.05) is 0 Å². The summed E-state index contributed by atoms with van der Waals surface area (Å²) in [5.74, 6) is 0. The highest BCUT2D eigenvalue weighted by molar-refractivity contribution is 4.85. The Kier molecular flexibility index (Phi) is 5.07. The van der Waals surface area contributed by atoms with Crippen molar-refractivity contribution in [2.75, 3.05) is 6.61 Å². The minimum absolute atomic E-state index is 0.307. The predicted molar refractivity (Wildman–Crippen MR) is 65.0 cm³/mol. The van der Waals surface area contributed by atoms with Crippen LogP contribution in [-0.2, 0) is 0 Å². The first kappa shape index (κ1) is 13.0. The number of aliphatic hydroxyl groups excluding tert-OH is 1. The van der Waals surface area contributed by atoms with Crippen LogP contribution in [0.25, 0.3) is 0 Å². The molecule has 0 aliphatic heterocycles. The molecule has 15 heavy (non-hydrogen) atoms. The van der Waals surface area contributed by atoms with Crippen LogP contribution in [0.1, 0.15) is 59.3 Å². The van der Waals surface area contributed by atoms with Crippen molar-refractivity contribution in [3.8, 4) is 0 Å². The van der Waals surface area contributed by atoms with Crippen LogP contribution in [0.4, 0.5) is 0 Å². The number of hydrogen-bond acceptors (Lipinski definition) is 2. The van der Waals surface area contributed by atoms with Crippen molar-refractivity contribution in [2.45, 2.75) is 71.4 Å². The van der Waals surface area contributed by atoms with E-state index in [0.29, 0.717) is 24.1 Å². The number of rotatable bonds is 5. The van der Waals surface area contributed by atoms with Gasteiger partial charge in [0, 0.05) is 18.7 Å². The highest BCUT2D eigenvalue weighted by atomic mass is 16.3. The third-order valence-electron chi connectivity index (χ3n) is 3.65. The van der Waals surface area contributed by atoms with Crippen LogP contribution in [-0.4, -0.2) is 23.8 Å². The third kappa shape index (κ3) is 4.52. The Morgan fingerprint density at radius 3 is 2.73 bits per heavy atom. The topological polar surface area (TPSA) is 32.3 Å². The molecule has 2 heteroatoms. The summed E-state index contributed by atoms with van der Waals surface area (Å²) in [6, 6.07) is 1.18. The van der Waals surface area contributed by atoms with E-state index in [4.69, 9.17) is 5.11 Å². The van der Waals surface area contributed by atoms with Gasteiger partial charge < -0.3 is 10.4 Å². The van der Waals surface area contributed by atoms with Crippen molar-refractivity contribution in [3.63, 3.8) is 0 Å². The van der Waals surface area contributed by atoms with Gasteiger partial charge in [0.25, 0.3) is 0 Å². The van der Waals surface area contributed by atoms with Crippen LogP contribution in [0.5, 0.6) is 0 Å². The molecule has 0 aromatic heterocycles. The molecular weight excluding hydrogens is 186 g/mol. The van der Waals surface area contributed by atoms with Gasteiger partial charge in [-0.2, -0.15) is 0 Å². The molecule has 90 valence electrons. The summed E-state index contributed by atoms with van der Waals surface area (Å²) in [5.41, 5.74) is 0.507. The van der Waals surface area contributed by atoms with Gasteiger partial charge >= 0.3 is 0 Å². The molecule has 0 amide bonds. The standard InChI is InChI=1S/C13H27NO/c1-4-11(7-9-15)14-12-6-5-8-13(2,3)10-12/h11-12,14-15H,4-10H2,1-3H3. The van der Waals surface area contributed by atoms with E-state index in [0.717, 1.165) is 12.8 Å². The van der Waals surface area contributed by atoms with Gasteiger partial charge in [0.1, 0.15) is 0 Å². The molecule has 1 rings (SSSR count). The van der Waals surface area contributed by atoms with E-state index in [1.165, 1.54) is 25.7 Å². The lowest BCUT2D eigenvalue weighted by atomic mass is 9.75. The minimum Gasteiger partial charge on any atom is -0.396 e. The van der Waals surface area contributed by atoms with E-state index in [-0.39, 0.29) is 0 Å². The van der Waals surface area contributed by atoms with E-state index < -0.39 is 0 Å². The first-order valence-electron chi connectivity index (χ1n) is 6.44. The number of aliphatic hydroxyl groups is 1. The van der Waals surface area contributed by atoms with Gasteiger partial charge in [-0.15, -0.1) is 0 Å². The molecule has 2 nitrogen and oxygen atoms in total. The molecule has 0 radical (unpaired) electrons. The van der Waals surface area contributed by atoms with E-state index >= 15 is 0 Å². The fraction of sp³-hybridized carbons (Fsp3) is 1.00. The Morgan fingerprint density at radius 1 is 1.47 bits per heavy atom. The predicted octanol–water partition coefficient (Wildman–Crippen LogP) is 2.71. The van der Waals surface area contributed by atoms with Gasteiger partial charge in [-0.05, 0) is 37.5 Å². The Labute approximate surface area is 94.5 Å². The van der Waals surface area contributed by atoms with Crippen LogP contribution in [0.3, 0.4) is 0 Å². The van der Waals surface area contributed by atoms with Crippen molar-refractivity contribution in [2.24, 2.45) is 5.41 Å². The van der Waals surface area contributed by atoms with Crippen molar-refractivity contribution < 1.29 is 5.11 Å². The molecule has 0 heterocycles. The van der Waals surface area contributed by atoms with Gasteiger partial charge in [0.2, 0.25) is 0 Å². The van der Waals surface area contributed by atoms with Gasteiger partial charge in [-0.1, -0.05) is 27.2 Å². The Morgan fingerprint density at radius 2 is 2.20 bits per heavy atom. The molecule has 1 saturated carbocycles. The maximum absolute atomic E-state index is 8.96. The summed E-state index contributed by atoms with van der Waals surface area (Å²) < 4.78 is 0. The lowest BCUT2D eigenvalue weighted by Gasteiger charge is -2.37. The molecule has 2 N–H and O–H groups in total. The first-order chi connectivity index (χ1) is 7.07. The number of hydrogen-bond donors (Lipinski definition) is 2. The molecule has 0 aromatic rings. The van der Waals surface area contributed by atoms with Crippen LogP contribution in [0.15, 0.2) is 0 Å². The second-order valence-corrected chi connectivity index (χ2v) is 5.74. The molecule has 0 saturated heterocycles. The normalized spacial score (nSPS) is 27.6. The summed E-state index contributed by atoms with van der Waals surface area (Å²) in [6.45, 7) is 7.24. The van der Waals surface area contributed by atoms with Gasteiger partial charge in [-0.3, -0.25) is 0 Å². The first-order valence-corrected chi connectivity index (χ1v) is 6.44. The van der Waals surface area contributed by atoms with Crippen LogP contribution >= 0.6 is 0 Å². The second-order valence-electron chi connectivity index (χ2n) is 5.74. The summed E-state index contributed by atoms with van der Waals surface area (Å²) in [7, 11) is 0. The van der Waals surface area contributed by atoms with E-state index in [2.05, 4.69) is 26.1 Å². The Hall–Kier alpha value is -0.0800. The molecule has 0 bridgehead atoms. The zero-order valence-electron chi connectivity index (χ0n) is 10.6. The third-order valence-corrected chi connectivity index (χ3v) is 3.65. The lowest BCUT2D eigenvalue weighted by molar-refractivity contribution is 0.178.